The number of benzene rings is 3. The number of rotatable bonds is 12. The van der Waals surface area contributed by atoms with Gasteiger partial charge in [-0.25, -0.2) is 13.1 Å². The van der Waals surface area contributed by atoms with Crippen molar-refractivity contribution >= 4 is 27.7 Å². The molecule has 1 aliphatic carbocycles. The molecule has 0 radical (unpaired) electrons. The quantitative estimate of drug-likeness (QED) is 0.322. The molecule has 0 aliphatic heterocycles. The molecule has 0 aromatic heterocycles. The number of hydrogen-bond acceptors (Lipinski definition) is 4. The number of amides is 2. The molecule has 1 fully saturated rings. The largest absolute Gasteiger partial charge is 0.352 e. The summed E-state index contributed by atoms with van der Waals surface area (Å²) in [4.78, 5) is 29.5. The zero-order valence-electron chi connectivity index (χ0n) is 24.5. The van der Waals surface area contributed by atoms with Gasteiger partial charge in [-0.15, -0.1) is 0 Å². The molecule has 11 heteroatoms. The number of carbonyl (C=O) groups excluding carboxylic acids is 2. The Morgan fingerprint density at radius 1 is 0.860 bits per heavy atom. The Morgan fingerprint density at radius 3 is 2.12 bits per heavy atom. The lowest BCUT2D eigenvalue weighted by Gasteiger charge is -2.35. The molecule has 0 unspecified atom stereocenters. The molecule has 43 heavy (non-hydrogen) atoms. The molecule has 4 rings (SSSR count). The number of hydrogen-bond donors (Lipinski definition) is 1. The van der Waals surface area contributed by atoms with Crippen molar-refractivity contribution in [2.75, 3.05) is 24.9 Å². The third kappa shape index (κ3) is 8.39. The predicted octanol–water partition coefficient (Wildman–Crippen LogP) is 4.67. The Labute approximate surface area is 252 Å². The third-order valence-corrected chi connectivity index (χ3v) is 9.43. The second kappa shape index (κ2) is 14.6. The van der Waals surface area contributed by atoms with Crippen LogP contribution in [0.3, 0.4) is 0 Å². The van der Waals surface area contributed by atoms with Gasteiger partial charge in [-0.1, -0.05) is 73.9 Å². The van der Waals surface area contributed by atoms with Crippen LogP contribution in [0.5, 0.6) is 0 Å². The summed E-state index contributed by atoms with van der Waals surface area (Å²) in [5.41, 5.74) is 1.05. The highest BCUT2D eigenvalue weighted by molar-refractivity contribution is 7.90. The van der Waals surface area contributed by atoms with Crippen molar-refractivity contribution in [1.82, 2.24) is 14.5 Å². The fourth-order valence-electron chi connectivity index (χ4n) is 5.24. The monoisotopic (exact) mass is 612 g/mol. The zero-order chi connectivity index (χ0) is 31.0. The summed E-state index contributed by atoms with van der Waals surface area (Å²) in [7, 11) is -1.74. The van der Waals surface area contributed by atoms with Crippen molar-refractivity contribution in [3.05, 3.63) is 102 Å². The van der Waals surface area contributed by atoms with Crippen molar-refractivity contribution < 1.29 is 26.8 Å². The van der Waals surface area contributed by atoms with E-state index in [0.717, 1.165) is 48.0 Å². The maximum absolute atomic E-state index is 15.0. The van der Waals surface area contributed by atoms with E-state index in [9.17, 15) is 26.8 Å². The van der Waals surface area contributed by atoms with Crippen LogP contribution in [0.1, 0.15) is 43.2 Å². The SMILES string of the molecule is CN(C)S(=O)(=O)N(CC(=O)N(Cc1ccc(F)cc1)[C@@H](Cc1ccccc1)C(=O)NC1CCCCC1)c1ccccc1F. The van der Waals surface area contributed by atoms with Crippen LogP contribution >= 0.6 is 0 Å². The first-order chi connectivity index (χ1) is 20.6. The lowest BCUT2D eigenvalue weighted by molar-refractivity contribution is -0.140. The molecule has 0 bridgehead atoms. The van der Waals surface area contributed by atoms with E-state index in [2.05, 4.69) is 5.32 Å². The number of nitrogens with one attached hydrogen (secondary N) is 1. The minimum Gasteiger partial charge on any atom is -0.352 e. The van der Waals surface area contributed by atoms with Gasteiger partial charge in [0.05, 0.1) is 5.69 Å². The molecule has 0 heterocycles. The zero-order valence-corrected chi connectivity index (χ0v) is 25.3. The second-order valence-corrected chi connectivity index (χ2v) is 13.0. The summed E-state index contributed by atoms with van der Waals surface area (Å²) in [6.45, 7) is -0.855. The summed E-state index contributed by atoms with van der Waals surface area (Å²) in [6, 6.07) is 19.0. The molecule has 3 aromatic carbocycles. The van der Waals surface area contributed by atoms with Crippen LogP contribution in [0, 0.1) is 11.6 Å². The first-order valence-electron chi connectivity index (χ1n) is 14.4. The van der Waals surface area contributed by atoms with Crippen LogP contribution in [0.2, 0.25) is 0 Å². The van der Waals surface area contributed by atoms with E-state index >= 15 is 0 Å². The number of para-hydroxylation sites is 1. The molecular weight excluding hydrogens is 574 g/mol. The van der Waals surface area contributed by atoms with Crippen molar-refractivity contribution in [2.45, 2.75) is 57.2 Å². The molecule has 2 amide bonds. The van der Waals surface area contributed by atoms with Gasteiger partial charge in [0.25, 0.3) is 0 Å². The van der Waals surface area contributed by atoms with Crippen molar-refractivity contribution in [3.63, 3.8) is 0 Å². The second-order valence-electron chi connectivity index (χ2n) is 10.9. The van der Waals surface area contributed by atoms with Gasteiger partial charge in [0.15, 0.2) is 0 Å². The van der Waals surface area contributed by atoms with Gasteiger partial charge in [-0.2, -0.15) is 12.7 Å². The molecule has 230 valence electrons. The van der Waals surface area contributed by atoms with Crippen LogP contribution in [-0.2, 0) is 32.8 Å². The van der Waals surface area contributed by atoms with Gasteiger partial charge in [0.1, 0.15) is 24.2 Å². The first kappa shape index (κ1) is 32.1. The topological polar surface area (TPSA) is 90.0 Å². The Kier molecular flexibility index (Phi) is 10.9. The van der Waals surface area contributed by atoms with E-state index in [4.69, 9.17) is 0 Å². The fraction of sp³-hybridized carbons (Fsp3) is 0.375. The van der Waals surface area contributed by atoms with Crippen LogP contribution in [0.25, 0.3) is 0 Å². The van der Waals surface area contributed by atoms with Crippen LogP contribution in [-0.4, -0.2) is 62.2 Å². The molecule has 0 spiro atoms. The summed E-state index contributed by atoms with van der Waals surface area (Å²) >= 11 is 0. The van der Waals surface area contributed by atoms with Gasteiger partial charge < -0.3 is 10.2 Å². The van der Waals surface area contributed by atoms with Crippen LogP contribution in [0.4, 0.5) is 14.5 Å². The highest BCUT2D eigenvalue weighted by Gasteiger charge is 2.36. The summed E-state index contributed by atoms with van der Waals surface area (Å²) in [5, 5.41) is 3.12. The summed E-state index contributed by atoms with van der Waals surface area (Å²) in [6.07, 6.45) is 4.91. The fourth-order valence-corrected chi connectivity index (χ4v) is 6.31. The Bertz CT molecular complexity index is 1480. The minimum absolute atomic E-state index is 0.0358. The maximum atomic E-state index is 15.0. The molecule has 8 nitrogen and oxygen atoms in total. The summed E-state index contributed by atoms with van der Waals surface area (Å²) < 4.78 is 57.1. The van der Waals surface area contributed by atoms with Gasteiger partial charge in [0.2, 0.25) is 11.8 Å². The molecule has 3 aromatic rings. The lowest BCUT2D eigenvalue weighted by atomic mass is 9.94. The van der Waals surface area contributed by atoms with Crippen molar-refractivity contribution in [2.24, 2.45) is 0 Å². The number of carbonyl (C=O) groups is 2. The number of halogens is 2. The lowest BCUT2D eigenvalue weighted by Crippen LogP contribution is -2.55. The molecule has 0 saturated heterocycles. The molecule has 1 aliphatic rings. The summed E-state index contributed by atoms with van der Waals surface area (Å²) in [5.74, 6) is -2.35. The Hall–Kier alpha value is -3.83. The normalized spacial score (nSPS) is 14.7. The maximum Gasteiger partial charge on any atom is 0.304 e. The Morgan fingerprint density at radius 2 is 1.49 bits per heavy atom. The van der Waals surface area contributed by atoms with E-state index in [1.165, 1.54) is 61.5 Å². The van der Waals surface area contributed by atoms with Gasteiger partial charge in [-0.05, 0) is 48.2 Å². The number of nitrogens with zero attached hydrogens (tertiary/aromatic N) is 3. The van der Waals surface area contributed by atoms with Crippen LogP contribution < -0.4 is 9.62 Å². The average molecular weight is 613 g/mol. The smallest absolute Gasteiger partial charge is 0.304 e. The first-order valence-corrected chi connectivity index (χ1v) is 15.8. The van der Waals surface area contributed by atoms with E-state index in [1.54, 1.807) is 0 Å². The van der Waals surface area contributed by atoms with Crippen molar-refractivity contribution in [3.8, 4) is 0 Å². The van der Waals surface area contributed by atoms with Gasteiger partial charge >= 0.3 is 10.2 Å². The van der Waals surface area contributed by atoms with Gasteiger partial charge in [-0.3, -0.25) is 9.59 Å². The van der Waals surface area contributed by atoms with E-state index in [1.807, 2.05) is 30.3 Å². The highest BCUT2D eigenvalue weighted by Crippen LogP contribution is 2.25. The van der Waals surface area contributed by atoms with E-state index in [0.29, 0.717) is 9.87 Å². The molecule has 1 atom stereocenters. The van der Waals surface area contributed by atoms with Crippen molar-refractivity contribution in [1.29, 1.82) is 0 Å². The minimum atomic E-state index is -4.32. The van der Waals surface area contributed by atoms with Crippen LogP contribution in [0.15, 0.2) is 78.9 Å². The van der Waals surface area contributed by atoms with E-state index in [-0.39, 0.29) is 30.6 Å². The Balaban J connectivity index is 1.75. The highest BCUT2D eigenvalue weighted by atomic mass is 32.2. The molecule has 1 N–H and O–H groups in total. The third-order valence-electron chi connectivity index (χ3n) is 7.63. The average Bonchev–Trinajstić information content (AvgIpc) is 3.00. The molecular formula is C32H38F2N4O4S. The van der Waals surface area contributed by atoms with E-state index < -0.39 is 40.3 Å². The standard InChI is InChI=1S/C32H38F2N4O4S/c1-36(2)43(41,42)38(29-16-10-9-15-28(29)34)23-31(39)37(22-25-17-19-26(33)20-18-25)30(21-24-11-5-3-6-12-24)32(40)35-27-13-7-4-8-14-27/h3,5-6,9-12,15-20,27,30H,4,7-8,13-14,21-23H2,1-2H3,(H,35,40)/t30-/m0/s1. The molecule has 1 saturated carbocycles. The predicted molar refractivity (Wildman–Crippen MR) is 162 cm³/mol. The van der Waals surface area contributed by atoms with Gasteiger partial charge in [0, 0.05) is 33.1 Å². The number of anilines is 1.